The fourth-order valence-electron chi connectivity index (χ4n) is 2.08. The number of hydrogen-bond donors (Lipinski definition) is 1. The molecule has 0 atom stereocenters. The molecule has 3 aromatic rings. The minimum atomic E-state index is -0.0527. The Morgan fingerprint density at radius 3 is 2.71 bits per heavy atom. The summed E-state index contributed by atoms with van der Waals surface area (Å²) in [5.41, 5.74) is 6.65. The molecule has 0 aromatic carbocycles. The molecule has 6 nitrogen and oxygen atoms in total. The van der Waals surface area contributed by atoms with E-state index >= 15 is 0 Å². The van der Waals surface area contributed by atoms with Gasteiger partial charge in [-0.15, -0.1) is 21.5 Å². The van der Waals surface area contributed by atoms with E-state index < -0.39 is 0 Å². The summed E-state index contributed by atoms with van der Waals surface area (Å²) in [6.07, 6.45) is 2.87. The maximum atomic E-state index is 5.63. The molecule has 0 saturated heterocycles. The number of nitrogens with zero attached hydrogens (tertiary/aromatic N) is 5. The van der Waals surface area contributed by atoms with E-state index in [1.165, 1.54) is 11.3 Å². The fourth-order valence-corrected chi connectivity index (χ4v) is 3.56. The monoisotopic (exact) mass is 322 g/mol. The third kappa shape index (κ3) is 3.06. The highest BCUT2D eigenvalue weighted by Gasteiger charge is 2.23. The Morgan fingerprint density at radius 2 is 2.05 bits per heavy atom. The lowest BCUT2D eigenvalue weighted by atomic mass is 9.96. The maximum Gasteiger partial charge on any atom is 0.234 e. The SMILES string of the molecule is CC(C)(C)c1nnc2sc(CCCc3csc(N)n3)nn12. The van der Waals surface area contributed by atoms with Gasteiger partial charge in [-0.25, -0.2) is 4.98 Å². The number of nitrogens with two attached hydrogens (primary N) is 1. The number of rotatable bonds is 4. The Labute approximate surface area is 131 Å². The molecule has 0 aliphatic carbocycles. The zero-order valence-corrected chi connectivity index (χ0v) is 14.0. The molecule has 0 radical (unpaired) electrons. The highest BCUT2D eigenvalue weighted by molar-refractivity contribution is 7.16. The minimum Gasteiger partial charge on any atom is -0.375 e. The molecule has 0 unspecified atom stereocenters. The summed E-state index contributed by atoms with van der Waals surface area (Å²) >= 11 is 3.10. The normalized spacial score (nSPS) is 12.3. The van der Waals surface area contributed by atoms with Crippen molar-refractivity contribution in [3.05, 3.63) is 21.9 Å². The molecule has 21 heavy (non-hydrogen) atoms. The highest BCUT2D eigenvalue weighted by Crippen LogP contribution is 2.24. The van der Waals surface area contributed by atoms with E-state index in [1.807, 2.05) is 9.90 Å². The molecule has 0 saturated carbocycles. The van der Waals surface area contributed by atoms with Crippen LogP contribution in [0.3, 0.4) is 0 Å². The van der Waals surface area contributed by atoms with Crippen LogP contribution in [0, 0.1) is 0 Å². The van der Waals surface area contributed by atoms with Gasteiger partial charge < -0.3 is 5.73 Å². The van der Waals surface area contributed by atoms with E-state index in [2.05, 4.69) is 41.1 Å². The number of hydrogen-bond acceptors (Lipinski definition) is 7. The second-order valence-electron chi connectivity index (χ2n) is 5.99. The Bertz CT molecular complexity index is 748. The van der Waals surface area contributed by atoms with Crippen molar-refractivity contribution in [3.8, 4) is 0 Å². The van der Waals surface area contributed by atoms with E-state index in [-0.39, 0.29) is 5.41 Å². The summed E-state index contributed by atoms with van der Waals surface area (Å²) in [4.78, 5) is 5.14. The number of nitrogen functional groups attached to an aromatic ring is 1. The standard InChI is InChI=1S/C13H18N6S2/c1-13(2,3)10-16-17-12-19(10)18-9(21-12)6-4-5-8-7-20-11(14)15-8/h7H,4-6H2,1-3H3,(H2,14,15). The van der Waals surface area contributed by atoms with Crippen LogP contribution in [0.2, 0.25) is 0 Å². The molecule has 112 valence electrons. The molecular weight excluding hydrogens is 304 g/mol. The number of aryl methyl sites for hydroxylation is 2. The van der Waals surface area contributed by atoms with Gasteiger partial charge in [-0.2, -0.15) is 9.61 Å². The number of aromatic nitrogens is 5. The Morgan fingerprint density at radius 1 is 1.24 bits per heavy atom. The van der Waals surface area contributed by atoms with Gasteiger partial charge in [-0.1, -0.05) is 32.1 Å². The van der Waals surface area contributed by atoms with Crippen molar-refractivity contribution in [1.29, 1.82) is 0 Å². The van der Waals surface area contributed by atoms with Gasteiger partial charge in [-0.3, -0.25) is 0 Å². The summed E-state index contributed by atoms with van der Waals surface area (Å²) in [6, 6.07) is 0. The van der Waals surface area contributed by atoms with Crippen LogP contribution >= 0.6 is 22.7 Å². The first-order chi connectivity index (χ1) is 9.93. The van der Waals surface area contributed by atoms with Crippen LogP contribution in [0.15, 0.2) is 5.38 Å². The summed E-state index contributed by atoms with van der Waals surface area (Å²) in [7, 11) is 0. The molecule has 2 N–H and O–H groups in total. The summed E-state index contributed by atoms with van der Waals surface area (Å²) in [5, 5.41) is 16.8. The molecule has 0 fully saturated rings. The lowest BCUT2D eigenvalue weighted by Gasteiger charge is -2.13. The lowest BCUT2D eigenvalue weighted by molar-refractivity contribution is 0.526. The quantitative estimate of drug-likeness (QED) is 0.798. The van der Waals surface area contributed by atoms with Crippen LogP contribution in [0.4, 0.5) is 5.13 Å². The molecule has 3 aromatic heterocycles. The van der Waals surface area contributed by atoms with Crippen molar-refractivity contribution in [2.45, 2.75) is 45.4 Å². The van der Waals surface area contributed by atoms with Crippen LogP contribution in [0.5, 0.6) is 0 Å². The van der Waals surface area contributed by atoms with Gasteiger partial charge in [0.2, 0.25) is 4.96 Å². The molecule has 3 rings (SSSR count). The van der Waals surface area contributed by atoms with Crippen molar-refractivity contribution in [2.24, 2.45) is 0 Å². The minimum absolute atomic E-state index is 0.0527. The summed E-state index contributed by atoms with van der Waals surface area (Å²) < 4.78 is 1.88. The number of fused-ring (bicyclic) bond motifs is 1. The number of thiazole rings is 1. The third-order valence-electron chi connectivity index (χ3n) is 3.10. The average Bonchev–Trinajstić information content (AvgIpc) is 3.03. The summed E-state index contributed by atoms with van der Waals surface area (Å²) in [6.45, 7) is 6.36. The summed E-state index contributed by atoms with van der Waals surface area (Å²) in [5.74, 6) is 0.910. The topological polar surface area (TPSA) is 82.0 Å². The molecule has 0 amide bonds. The van der Waals surface area contributed by atoms with Crippen LogP contribution in [0.25, 0.3) is 4.96 Å². The fraction of sp³-hybridized carbons (Fsp3) is 0.538. The first-order valence-corrected chi connectivity index (χ1v) is 8.54. The zero-order chi connectivity index (χ0) is 15.0. The second kappa shape index (κ2) is 5.34. The predicted molar refractivity (Wildman–Crippen MR) is 85.9 cm³/mol. The van der Waals surface area contributed by atoms with E-state index in [1.54, 1.807) is 11.3 Å². The lowest BCUT2D eigenvalue weighted by Crippen LogP contribution is -2.16. The Balaban J connectivity index is 1.69. The van der Waals surface area contributed by atoms with Gasteiger partial charge in [0, 0.05) is 17.2 Å². The van der Waals surface area contributed by atoms with Crippen molar-refractivity contribution in [1.82, 2.24) is 24.8 Å². The molecule has 0 bridgehead atoms. The zero-order valence-electron chi connectivity index (χ0n) is 12.3. The maximum absolute atomic E-state index is 5.63. The molecule has 3 heterocycles. The van der Waals surface area contributed by atoms with E-state index in [0.29, 0.717) is 5.13 Å². The van der Waals surface area contributed by atoms with Crippen LogP contribution in [-0.4, -0.2) is 24.8 Å². The van der Waals surface area contributed by atoms with Gasteiger partial charge in [0.05, 0.1) is 5.69 Å². The molecule has 0 spiro atoms. The molecule has 0 aliphatic rings. The van der Waals surface area contributed by atoms with E-state index in [4.69, 9.17) is 5.73 Å². The first-order valence-electron chi connectivity index (χ1n) is 6.85. The number of anilines is 1. The van der Waals surface area contributed by atoms with Gasteiger partial charge >= 0.3 is 0 Å². The van der Waals surface area contributed by atoms with E-state index in [0.717, 1.165) is 40.7 Å². The van der Waals surface area contributed by atoms with Crippen LogP contribution in [0.1, 0.15) is 43.7 Å². The van der Waals surface area contributed by atoms with Crippen molar-refractivity contribution < 1.29 is 0 Å². The van der Waals surface area contributed by atoms with Crippen LogP contribution < -0.4 is 5.73 Å². The van der Waals surface area contributed by atoms with Gasteiger partial charge in [-0.05, 0) is 12.8 Å². The van der Waals surface area contributed by atoms with Crippen LogP contribution in [-0.2, 0) is 18.3 Å². The third-order valence-corrected chi connectivity index (χ3v) is 4.78. The average molecular weight is 322 g/mol. The molecular formula is C13H18N6S2. The van der Waals surface area contributed by atoms with Crippen molar-refractivity contribution >= 4 is 32.8 Å². The Kier molecular flexibility index (Phi) is 3.66. The second-order valence-corrected chi connectivity index (χ2v) is 7.92. The van der Waals surface area contributed by atoms with Gasteiger partial charge in [0.15, 0.2) is 11.0 Å². The van der Waals surface area contributed by atoms with Gasteiger partial charge in [0.1, 0.15) is 5.01 Å². The van der Waals surface area contributed by atoms with E-state index in [9.17, 15) is 0 Å². The molecule has 8 heteroatoms. The molecule has 0 aliphatic heterocycles. The van der Waals surface area contributed by atoms with Crippen molar-refractivity contribution in [2.75, 3.05) is 5.73 Å². The smallest absolute Gasteiger partial charge is 0.234 e. The predicted octanol–water partition coefficient (Wildman–Crippen LogP) is 2.70. The first kappa shape index (κ1) is 14.4. The highest BCUT2D eigenvalue weighted by atomic mass is 32.1. The Hall–Kier alpha value is -1.54. The largest absolute Gasteiger partial charge is 0.375 e. The van der Waals surface area contributed by atoms with Crippen molar-refractivity contribution in [3.63, 3.8) is 0 Å². The van der Waals surface area contributed by atoms with Gasteiger partial charge in [0.25, 0.3) is 0 Å².